The number of unbranched alkanes of at least 4 members (excludes halogenated alkanes) is 4. The predicted octanol–water partition coefficient (Wildman–Crippen LogP) is 8.13. The molecule has 0 atom stereocenters. The molecule has 0 unspecified atom stereocenters. The van der Waals surface area contributed by atoms with Gasteiger partial charge in [-0.3, -0.25) is 0 Å². The molecular weight excluding hydrogens is 551 g/mol. The van der Waals surface area contributed by atoms with Crippen molar-refractivity contribution >= 4 is 46.2 Å². The van der Waals surface area contributed by atoms with Crippen molar-refractivity contribution in [2.45, 2.75) is 78.1 Å². The normalized spacial score (nSPS) is 14.7. The maximum atomic E-state index is 7.02. The molecule has 0 fully saturated rings. The second-order valence-electron chi connectivity index (χ2n) is 12.3. The molecule has 0 spiro atoms. The average Bonchev–Trinajstić information content (AvgIpc) is 3.40. The molecule has 0 saturated carbocycles. The minimum atomic E-state index is 0.595. The Hall–Kier alpha value is -3.52. The molecule has 8 heteroatoms. The van der Waals surface area contributed by atoms with Gasteiger partial charge in [0.15, 0.2) is 0 Å². The van der Waals surface area contributed by atoms with Crippen LogP contribution in [0.2, 0.25) is 0 Å². The van der Waals surface area contributed by atoms with E-state index in [9.17, 15) is 0 Å². The fraction of sp³-hybridized carbons (Fsp3) is 0.486. The Morgan fingerprint density at radius 3 is 1.91 bits per heavy atom. The molecule has 0 radical (unpaired) electrons. The Bertz CT molecular complexity index is 1620. The van der Waals surface area contributed by atoms with E-state index >= 15 is 0 Å². The molecule has 2 aliphatic heterocycles. The van der Waals surface area contributed by atoms with Crippen molar-refractivity contribution in [1.82, 2.24) is 15.0 Å². The van der Waals surface area contributed by atoms with Crippen LogP contribution in [0.15, 0.2) is 40.8 Å². The van der Waals surface area contributed by atoms with Crippen LogP contribution in [0, 0.1) is 0 Å². The topological polar surface area (TPSA) is 75.6 Å². The molecule has 2 aliphatic rings. The van der Waals surface area contributed by atoms with E-state index in [2.05, 4.69) is 74.7 Å². The SMILES string of the molecule is CCCCCN1CCCc2cc(-c3c(N=S)c(N)c(-c4ccc5c(c4)CCCN5CCCCC)c4c3nnn4C)ccc21. The minimum absolute atomic E-state index is 0.595. The van der Waals surface area contributed by atoms with Gasteiger partial charge in [-0.15, -0.1) is 5.10 Å². The minimum Gasteiger partial charge on any atom is -0.396 e. The summed E-state index contributed by atoms with van der Waals surface area (Å²) in [6, 6.07) is 13.6. The standard InChI is InChI=1S/C35H45N7S/c1-4-6-8-18-41-20-10-12-24-22-26(14-16-28(24)41)30-32(36)33(38-43)31(34-35(30)40(3)39-37-34)27-15-17-29-25(23-27)13-11-21-42(29)19-9-7-5-2/h14-17,22-23H,4-13,18-21,36H2,1-3H3. The van der Waals surface area contributed by atoms with Crippen LogP contribution in [0.25, 0.3) is 33.3 Å². The highest BCUT2D eigenvalue weighted by molar-refractivity contribution is 7.47. The molecule has 1 aromatic heterocycles. The van der Waals surface area contributed by atoms with E-state index in [0.29, 0.717) is 11.4 Å². The van der Waals surface area contributed by atoms with Crippen LogP contribution in [0.3, 0.4) is 0 Å². The third kappa shape index (κ3) is 5.62. The number of benzene rings is 3. The first-order valence-corrected chi connectivity index (χ1v) is 16.7. The molecule has 0 aliphatic carbocycles. The Kier molecular flexibility index (Phi) is 8.93. The summed E-state index contributed by atoms with van der Waals surface area (Å²) in [6.07, 6.45) is 11.9. The van der Waals surface area contributed by atoms with Gasteiger partial charge in [-0.25, -0.2) is 4.68 Å². The zero-order chi connectivity index (χ0) is 29.9. The maximum Gasteiger partial charge on any atom is 0.124 e. The maximum absolute atomic E-state index is 7.02. The first-order valence-electron chi connectivity index (χ1n) is 16.3. The van der Waals surface area contributed by atoms with E-state index in [0.717, 1.165) is 78.7 Å². The lowest BCUT2D eigenvalue weighted by molar-refractivity contribution is 0.638. The van der Waals surface area contributed by atoms with Crippen LogP contribution in [-0.4, -0.2) is 41.2 Å². The van der Waals surface area contributed by atoms with E-state index < -0.39 is 0 Å². The Labute approximate surface area is 261 Å². The number of hydrogen-bond donors (Lipinski definition) is 1. The summed E-state index contributed by atoms with van der Waals surface area (Å²) >= 11 is 5.41. The molecule has 4 aromatic rings. The number of nitrogens with zero attached hydrogens (tertiary/aromatic N) is 6. The number of aryl methyl sites for hydroxylation is 3. The Morgan fingerprint density at radius 2 is 1.37 bits per heavy atom. The molecular formula is C35H45N7S. The largest absolute Gasteiger partial charge is 0.396 e. The van der Waals surface area contributed by atoms with Gasteiger partial charge >= 0.3 is 0 Å². The summed E-state index contributed by atoms with van der Waals surface area (Å²) in [6.45, 7) is 8.99. The van der Waals surface area contributed by atoms with Gasteiger partial charge in [0.05, 0.1) is 11.2 Å². The van der Waals surface area contributed by atoms with Crippen LogP contribution in [-0.2, 0) is 32.3 Å². The molecule has 7 nitrogen and oxygen atoms in total. The van der Waals surface area contributed by atoms with Crippen molar-refractivity contribution in [2.24, 2.45) is 11.4 Å². The van der Waals surface area contributed by atoms with Gasteiger partial charge in [0.1, 0.15) is 11.2 Å². The first kappa shape index (κ1) is 29.5. The van der Waals surface area contributed by atoms with Gasteiger partial charge < -0.3 is 15.5 Å². The molecule has 43 heavy (non-hydrogen) atoms. The van der Waals surface area contributed by atoms with E-state index in [4.69, 9.17) is 18.2 Å². The second-order valence-corrected chi connectivity index (χ2v) is 12.5. The third-order valence-electron chi connectivity index (χ3n) is 9.38. The highest BCUT2D eigenvalue weighted by atomic mass is 32.1. The van der Waals surface area contributed by atoms with Crippen molar-refractivity contribution in [1.29, 1.82) is 0 Å². The molecule has 6 rings (SSSR count). The average molecular weight is 596 g/mol. The molecule has 3 heterocycles. The lowest BCUT2D eigenvalue weighted by Gasteiger charge is -2.32. The van der Waals surface area contributed by atoms with Crippen molar-refractivity contribution < 1.29 is 0 Å². The number of hydrogen-bond acceptors (Lipinski definition) is 7. The second kappa shape index (κ2) is 13.0. The van der Waals surface area contributed by atoms with Gasteiger partial charge in [0, 0.05) is 68.2 Å². The summed E-state index contributed by atoms with van der Waals surface area (Å²) < 4.78 is 6.22. The lowest BCUT2D eigenvalue weighted by atomic mass is 9.90. The summed E-state index contributed by atoms with van der Waals surface area (Å²) in [7, 11) is 1.95. The fourth-order valence-corrected chi connectivity index (χ4v) is 7.38. The number of rotatable bonds is 11. The predicted molar refractivity (Wildman–Crippen MR) is 183 cm³/mol. The van der Waals surface area contributed by atoms with E-state index in [1.165, 1.54) is 67.4 Å². The molecule has 0 saturated heterocycles. The van der Waals surface area contributed by atoms with Crippen LogP contribution in [0.1, 0.15) is 76.3 Å². The van der Waals surface area contributed by atoms with Gasteiger partial charge in [0.2, 0.25) is 0 Å². The van der Waals surface area contributed by atoms with Gasteiger partial charge in [-0.2, -0.15) is 4.36 Å². The van der Waals surface area contributed by atoms with Crippen LogP contribution >= 0.6 is 0 Å². The van der Waals surface area contributed by atoms with Gasteiger partial charge in [-0.05, 0) is 85.0 Å². The van der Waals surface area contributed by atoms with Crippen molar-refractivity contribution in [2.75, 3.05) is 41.7 Å². The number of fused-ring (bicyclic) bond motifs is 3. The first-order chi connectivity index (χ1) is 21.0. The number of nitrogen functional groups attached to an aromatic ring is 1. The quantitative estimate of drug-likeness (QED) is 0.139. The summed E-state index contributed by atoms with van der Waals surface area (Å²) in [4.78, 5) is 5.10. The van der Waals surface area contributed by atoms with E-state index in [-0.39, 0.29) is 0 Å². The molecule has 0 amide bonds. The van der Waals surface area contributed by atoms with E-state index in [1.807, 2.05) is 11.7 Å². The van der Waals surface area contributed by atoms with Crippen molar-refractivity contribution in [3.8, 4) is 22.3 Å². The summed E-state index contributed by atoms with van der Waals surface area (Å²) in [5.41, 5.74) is 19.3. The fourth-order valence-electron chi connectivity index (χ4n) is 7.19. The molecule has 2 N–H and O–H groups in total. The zero-order valence-corrected chi connectivity index (χ0v) is 26.8. The number of nitrogens with two attached hydrogens (primary N) is 1. The molecule has 3 aromatic carbocycles. The van der Waals surface area contributed by atoms with E-state index in [1.54, 1.807) is 0 Å². The van der Waals surface area contributed by atoms with Crippen LogP contribution in [0.4, 0.5) is 22.7 Å². The van der Waals surface area contributed by atoms with Crippen LogP contribution in [0.5, 0.6) is 0 Å². The van der Waals surface area contributed by atoms with Crippen LogP contribution < -0.4 is 15.5 Å². The summed E-state index contributed by atoms with van der Waals surface area (Å²) in [5, 5.41) is 9.17. The Morgan fingerprint density at radius 1 is 0.814 bits per heavy atom. The third-order valence-corrected chi connectivity index (χ3v) is 9.56. The number of anilines is 3. The van der Waals surface area contributed by atoms with Crippen molar-refractivity contribution in [3.63, 3.8) is 0 Å². The lowest BCUT2D eigenvalue weighted by Crippen LogP contribution is -2.30. The van der Waals surface area contributed by atoms with Gasteiger partial charge in [0.25, 0.3) is 0 Å². The highest BCUT2D eigenvalue weighted by Gasteiger charge is 2.26. The summed E-state index contributed by atoms with van der Waals surface area (Å²) in [5.74, 6) is 0. The smallest absolute Gasteiger partial charge is 0.124 e. The zero-order valence-electron chi connectivity index (χ0n) is 26.0. The highest BCUT2D eigenvalue weighted by Crippen LogP contribution is 2.48. The monoisotopic (exact) mass is 595 g/mol. The molecule has 0 bridgehead atoms. The number of aromatic nitrogens is 3. The Balaban J connectivity index is 1.43. The van der Waals surface area contributed by atoms with Gasteiger partial charge in [-0.1, -0.05) is 56.9 Å². The van der Waals surface area contributed by atoms with Crippen molar-refractivity contribution in [3.05, 3.63) is 47.5 Å². The molecule has 226 valence electrons.